The number of likely N-dealkylation sites (tertiary alicyclic amines) is 1. The summed E-state index contributed by atoms with van der Waals surface area (Å²) in [5.41, 5.74) is 6.46. The van der Waals surface area contributed by atoms with Crippen LogP contribution in [0.3, 0.4) is 0 Å². The van der Waals surface area contributed by atoms with Crippen LogP contribution in [0.4, 0.5) is 5.13 Å². The number of piperidine rings is 1. The predicted molar refractivity (Wildman–Crippen MR) is 98.2 cm³/mol. The molecule has 1 aromatic heterocycles. The van der Waals surface area contributed by atoms with Gasteiger partial charge in [0.25, 0.3) is 0 Å². The fraction of sp³-hybridized carbons (Fsp3) is 0.444. The molecule has 2 aromatic rings. The Balaban J connectivity index is 1.50. The smallest absolute Gasteiger partial charge is 0.203 e. The van der Waals surface area contributed by atoms with E-state index in [1.54, 1.807) is 11.3 Å². The Labute approximate surface area is 142 Å². The molecule has 0 unspecified atom stereocenters. The average molecular weight is 328 g/mol. The maximum atomic E-state index is 4.31. The van der Waals surface area contributed by atoms with Gasteiger partial charge < -0.3 is 0 Å². The number of nitrogens with one attached hydrogen (secondary N) is 1. The van der Waals surface area contributed by atoms with Gasteiger partial charge in [0.1, 0.15) is 0 Å². The molecule has 0 bridgehead atoms. The first-order chi connectivity index (χ1) is 11.2. The summed E-state index contributed by atoms with van der Waals surface area (Å²) in [7, 11) is 0. The second kappa shape index (κ2) is 7.70. The number of aromatic nitrogens is 1. The zero-order valence-corrected chi connectivity index (χ0v) is 14.6. The highest BCUT2D eigenvalue weighted by Crippen LogP contribution is 2.18. The number of thiazole rings is 1. The summed E-state index contributed by atoms with van der Waals surface area (Å²) < 4.78 is 0. The molecular weight excluding hydrogens is 304 g/mol. The Bertz CT molecular complexity index is 639. The maximum absolute atomic E-state index is 4.31. The Morgan fingerprint density at radius 3 is 2.70 bits per heavy atom. The summed E-state index contributed by atoms with van der Waals surface area (Å²) in [5.74, 6) is 0.888. The Kier molecular flexibility index (Phi) is 5.41. The van der Waals surface area contributed by atoms with Crippen LogP contribution in [0.25, 0.3) is 0 Å². The van der Waals surface area contributed by atoms with E-state index in [0.29, 0.717) is 0 Å². The molecule has 0 saturated carbocycles. The molecule has 0 aliphatic carbocycles. The van der Waals surface area contributed by atoms with E-state index in [1.807, 2.05) is 18.5 Å². The summed E-state index contributed by atoms with van der Waals surface area (Å²) in [4.78, 5) is 6.87. The van der Waals surface area contributed by atoms with Crippen molar-refractivity contribution in [3.05, 3.63) is 46.5 Å². The molecule has 1 N–H and O–H groups in total. The van der Waals surface area contributed by atoms with Crippen molar-refractivity contribution in [2.45, 2.75) is 33.2 Å². The molecule has 1 aliphatic rings. The van der Waals surface area contributed by atoms with Gasteiger partial charge in [-0.05, 0) is 49.9 Å². The third-order valence-corrected chi connectivity index (χ3v) is 5.12. The number of anilines is 1. The van der Waals surface area contributed by atoms with Crippen LogP contribution in [0.15, 0.2) is 34.7 Å². The number of aryl methyl sites for hydroxylation is 1. The first-order valence-corrected chi connectivity index (χ1v) is 9.09. The molecule has 1 aliphatic heterocycles. The quantitative estimate of drug-likeness (QED) is 0.663. The van der Waals surface area contributed by atoms with E-state index in [0.717, 1.165) is 28.9 Å². The number of hydrogen-bond donors (Lipinski definition) is 1. The summed E-state index contributed by atoms with van der Waals surface area (Å²) in [5, 5.41) is 7.08. The lowest BCUT2D eigenvalue weighted by molar-refractivity contribution is 0.185. The molecule has 5 heteroatoms. The zero-order chi connectivity index (χ0) is 16.1. The molecule has 1 fully saturated rings. The van der Waals surface area contributed by atoms with E-state index in [2.05, 4.69) is 51.6 Å². The summed E-state index contributed by atoms with van der Waals surface area (Å²) in [6, 6.07) is 8.65. The molecule has 0 amide bonds. The first kappa shape index (κ1) is 16.1. The van der Waals surface area contributed by atoms with Gasteiger partial charge in [-0.25, -0.2) is 4.98 Å². The van der Waals surface area contributed by atoms with E-state index >= 15 is 0 Å². The van der Waals surface area contributed by atoms with Crippen molar-refractivity contribution in [2.24, 2.45) is 11.0 Å². The Hall–Kier alpha value is -1.72. The van der Waals surface area contributed by atoms with E-state index in [1.165, 1.54) is 31.5 Å². The van der Waals surface area contributed by atoms with Crippen LogP contribution >= 0.6 is 11.3 Å². The van der Waals surface area contributed by atoms with Crippen LogP contribution in [-0.4, -0.2) is 29.2 Å². The fourth-order valence-corrected chi connectivity index (χ4v) is 3.39. The first-order valence-electron chi connectivity index (χ1n) is 8.21. The lowest BCUT2D eigenvalue weighted by Crippen LogP contribution is -2.32. The van der Waals surface area contributed by atoms with Crippen LogP contribution in [0.1, 0.15) is 36.6 Å². The van der Waals surface area contributed by atoms with Gasteiger partial charge in [0.2, 0.25) is 5.13 Å². The molecule has 4 nitrogen and oxygen atoms in total. The van der Waals surface area contributed by atoms with Gasteiger partial charge in [-0.2, -0.15) is 5.10 Å². The highest BCUT2D eigenvalue weighted by Gasteiger charge is 2.15. The minimum Gasteiger partial charge on any atom is -0.299 e. The van der Waals surface area contributed by atoms with E-state index < -0.39 is 0 Å². The Morgan fingerprint density at radius 2 is 2.04 bits per heavy atom. The van der Waals surface area contributed by atoms with Gasteiger partial charge in [-0.1, -0.05) is 31.2 Å². The largest absolute Gasteiger partial charge is 0.299 e. The van der Waals surface area contributed by atoms with E-state index in [4.69, 9.17) is 0 Å². The van der Waals surface area contributed by atoms with Crippen molar-refractivity contribution in [3.63, 3.8) is 0 Å². The third kappa shape index (κ3) is 4.88. The number of hydrazone groups is 1. The van der Waals surface area contributed by atoms with Crippen LogP contribution in [0.2, 0.25) is 0 Å². The lowest BCUT2D eigenvalue weighted by atomic mass is 9.99. The molecule has 1 aromatic carbocycles. The SMILES string of the molecule is Cc1csc(NN=Cc2ccc(CN3CCC(C)CC3)cc2)n1. The molecule has 3 rings (SSSR count). The van der Waals surface area contributed by atoms with Gasteiger partial charge >= 0.3 is 0 Å². The van der Waals surface area contributed by atoms with Gasteiger partial charge in [0.15, 0.2) is 0 Å². The third-order valence-electron chi connectivity index (χ3n) is 4.25. The van der Waals surface area contributed by atoms with Crippen LogP contribution in [0, 0.1) is 12.8 Å². The summed E-state index contributed by atoms with van der Waals surface area (Å²) in [6.45, 7) is 7.84. The minimum atomic E-state index is 0.828. The highest BCUT2D eigenvalue weighted by atomic mass is 32.1. The number of hydrogen-bond acceptors (Lipinski definition) is 5. The minimum absolute atomic E-state index is 0.828. The molecule has 1 saturated heterocycles. The normalized spacial score (nSPS) is 17.0. The number of rotatable bonds is 5. The van der Waals surface area contributed by atoms with Crippen molar-refractivity contribution < 1.29 is 0 Å². The van der Waals surface area contributed by atoms with Crippen molar-refractivity contribution >= 4 is 22.7 Å². The van der Waals surface area contributed by atoms with E-state index in [9.17, 15) is 0 Å². The van der Waals surface area contributed by atoms with Crippen LogP contribution in [0.5, 0.6) is 0 Å². The lowest BCUT2D eigenvalue weighted by Gasteiger charge is -2.30. The Morgan fingerprint density at radius 1 is 1.30 bits per heavy atom. The highest BCUT2D eigenvalue weighted by molar-refractivity contribution is 7.13. The van der Waals surface area contributed by atoms with Crippen LogP contribution in [-0.2, 0) is 6.54 Å². The molecular formula is C18H24N4S. The second-order valence-corrected chi connectivity index (χ2v) is 7.22. The van der Waals surface area contributed by atoms with Gasteiger partial charge in [0.05, 0.1) is 11.9 Å². The monoisotopic (exact) mass is 328 g/mol. The van der Waals surface area contributed by atoms with E-state index in [-0.39, 0.29) is 0 Å². The number of nitrogens with zero attached hydrogens (tertiary/aromatic N) is 3. The zero-order valence-electron chi connectivity index (χ0n) is 13.8. The summed E-state index contributed by atoms with van der Waals surface area (Å²) >= 11 is 1.57. The summed E-state index contributed by atoms with van der Waals surface area (Å²) in [6.07, 6.45) is 4.49. The van der Waals surface area contributed by atoms with Crippen LogP contribution < -0.4 is 5.43 Å². The molecule has 2 heterocycles. The maximum Gasteiger partial charge on any atom is 0.203 e. The second-order valence-electron chi connectivity index (χ2n) is 6.36. The topological polar surface area (TPSA) is 40.5 Å². The molecule has 122 valence electrons. The number of benzene rings is 1. The van der Waals surface area contributed by atoms with Crippen molar-refractivity contribution in [3.8, 4) is 0 Å². The molecule has 0 radical (unpaired) electrons. The van der Waals surface area contributed by atoms with Gasteiger partial charge in [-0.15, -0.1) is 11.3 Å². The van der Waals surface area contributed by atoms with Gasteiger partial charge in [-0.3, -0.25) is 10.3 Å². The van der Waals surface area contributed by atoms with Crippen molar-refractivity contribution in [2.75, 3.05) is 18.5 Å². The fourth-order valence-electron chi connectivity index (χ4n) is 2.75. The molecule has 0 atom stereocenters. The molecule has 23 heavy (non-hydrogen) atoms. The average Bonchev–Trinajstić information content (AvgIpc) is 2.97. The standard InChI is InChI=1S/C18H24N4S/c1-14-7-9-22(10-8-14)12-17-5-3-16(4-6-17)11-19-21-18-20-15(2)13-23-18/h3-6,11,13-14H,7-10,12H2,1-2H3,(H,20,21). The van der Waals surface area contributed by atoms with Crippen molar-refractivity contribution in [1.82, 2.24) is 9.88 Å². The van der Waals surface area contributed by atoms with Crippen molar-refractivity contribution in [1.29, 1.82) is 0 Å². The molecule has 0 spiro atoms. The van der Waals surface area contributed by atoms with Gasteiger partial charge in [0, 0.05) is 11.9 Å². The predicted octanol–water partition coefficient (Wildman–Crippen LogP) is 4.13.